The van der Waals surface area contributed by atoms with Crippen LogP contribution in [0, 0.1) is 5.82 Å². The van der Waals surface area contributed by atoms with Gasteiger partial charge in [0.2, 0.25) is 5.91 Å². The number of hydrogen-bond donors (Lipinski definition) is 2. The highest BCUT2D eigenvalue weighted by Crippen LogP contribution is 2.47. The minimum atomic E-state index is -1.14. The normalized spacial score (nSPS) is 23.8. The summed E-state index contributed by atoms with van der Waals surface area (Å²) in [6.45, 7) is 0. The predicted molar refractivity (Wildman–Crippen MR) is 93.6 cm³/mol. The summed E-state index contributed by atoms with van der Waals surface area (Å²) in [4.78, 5) is 31.9. The molecule has 4 rings (SSSR count). The van der Waals surface area contributed by atoms with Gasteiger partial charge in [0.05, 0.1) is 21.8 Å². The fourth-order valence-corrected chi connectivity index (χ4v) is 3.85. The minimum Gasteiger partial charge on any atom is -0.477 e. The van der Waals surface area contributed by atoms with E-state index in [1.54, 1.807) is 6.07 Å². The molecule has 2 aromatic rings. The van der Waals surface area contributed by atoms with Crippen molar-refractivity contribution < 1.29 is 23.8 Å². The third kappa shape index (κ3) is 2.99. The number of carbonyl (C=O) groups excluding carboxylic acids is 1. The van der Waals surface area contributed by atoms with Gasteiger partial charge in [-0.05, 0) is 43.9 Å². The Hall–Kier alpha value is -2.74. The lowest BCUT2D eigenvalue weighted by atomic mass is 9.71. The van der Waals surface area contributed by atoms with E-state index in [4.69, 9.17) is 16.3 Å². The van der Waals surface area contributed by atoms with E-state index in [1.165, 1.54) is 12.3 Å². The monoisotopic (exact) mass is 391 g/mol. The summed E-state index contributed by atoms with van der Waals surface area (Å²) in [6, 6.07) is 4.06. The first-order chi connectivity index (χ1) is 12.9. The molecule has 1 fully saturated rings. The van der Waals surface area contributed by atoms with Crippen LogP contribution in [0.4, 0.5) is 10.1 Å². The van der Waals surface area contributed by atoms with E-state index >= 15 is 0 Å². The summed E-state index contributed by atoms with van der Waals surface area (Å²) in [7, 11) is 0. The van der Waals surface area contributed by atoms with Crippen LogP contribution in [0.3, 0.4) is 0 Å². The lowest BCUT2D eigenvalue weighted by Crippen LogP contribution is -2.41. The molecule has 0 radical (unpaired) electrons. The van der Waals surface area contributed by atoms with E-state index in [9.17, 15) is 19.1 Å². The van der Waals surface area contributed by atoms with Gasteiger partial charge in [-0.1, -0.05) is 11.6 Å². The summed E-state index contributed by atoms with van der Waals surface area (Å²) in [6.07, 6.45) is 2.80. The molecule has 27 heavy (non-hydrogen) atoms. The van der Waals surface area contributed by atoms with Crippen molar-refractivity contribution >= 4 is 29.2 Å². The number of amides is 1. The smallest absolute Gasteiger partial charge is 0.354 e. The van der Waals surface area contributed by atoms with Gasteiger partial charge < -0.3 is 15.2 Å². The maximum atomic E-state index is 13.9. The van der Waals surface area contributed by atoms with E-state index in [0.29, 0.717) is 37.1 Å². The van der Waals surface area contributed by atoms with Gasteiger partial charge in [-0.3, -0.25) is 4.79 Å². The minimum absolute atomic E-state index is 0.101. The van der Waals surface area contributed by atoms with Crippen molar-refractivity contribution in [2.75, 3.05) is 5.32 Å². The largest absolute Gasteiger partial charge is 0.477 e. The molecule has 7 nitrogen and oxygen atoms in total. The topological polar surface area (TPSA) is 101 Å². The average Bonchev–Trinajstić information content (AvgIpc) is 2.90. The SMILES string of the molecule is O=C(O)c1ccc2c(n1)[C@]1(CC[C@H](Oc3ncc(Cl)cc3F)CC1)C(=O)N2. The fraction of sp³-hybridized carbons (Fsp3) is 0.333. The van der Waals surface area contributed by atoms with Crippen molar-refractivity contribution in [3.8, 4) is 5.88 Å². The molecule has 2 N–H and O–H groups in total. The molecule has 2 aliphatic rings. The first-order valence-electron chi connectivity index (χ1n) is 8.43. The van der Waals surface area contributed by atoms with Crippen LogP contribution < -0.4 is 10.1 Å². The summed E-state index contributed by atoms with van der Waals surface area (Å²) in [5, 5.41) is 12.1. The molecule has 0 unspecified atom stereocenters. The first kappa shape index (κ1) is 17.7. The van der Waals surface area contributed by atoms with Crippen molar-refractivity contribution in [1.82, 2.24) is 9.97 Å². The molecule has 1 amide bonds. The highest BCUT2D eigenvalue weighted by Gasteiger charge is 2.50. The summed E-state index contributed by atoms with van der Waals surface area (Å²) < 4.78 is 19.5. The number of nitrogens with one attached hydrogen (secondary N) is 1. The van der Waals surface area contributed by atoms with Crippen LogP contribution in [-0.4, -0.2) is 33.1 Å². The lowest BCUT2D eigenvalue weighted by molar-refractivity contribution is -0.122. The Kier molecular flexibility index (Phi) is 4.22. The third-order valence-electron chi connectivity index (χ3n) is 5.09. The highest BCUT2D eigenvalue weighted by molar-refractivity contribution is 6.30. The molecule has 140 valence electrons. The van der Waals surface area contributed by atoms with Crippen LogP contribution in [0.5, 0.6) is 5.88 Å². The van der Waals surface area contributed by atoms with Crippen LogP contribution in [0.1, 0.15) is 41.9 Å². The second-order valence-electron chi connectivity index (χ2n) is 6.69. The van der Waals surface area contributed by atoms with Crippen LogP contribution in [0.2, 0.25) is 5.02 Å². The van der Waals surface area contributed by atoms with Crippen LogP contribution in [-0.2, 0) is 10.2 Å². The van der Waals surface area contributed by atoms with E-state index < -0.39 is 17.2 Å². The van der Waals surface area contributed by atoms with E-state index in [0.717, 1.165) is 6.07 Å². The number of carbonyl (C=O) groups is 2. The molecule has 3 heterocycles. The quantitative estimate of drug-likeness (QED) is 0.833. The molecule has 0 saturated heterocycles. The van der Waals surface area contributed by atoms with Gasteiger partial charge in [0.15, 0.2) is 5.82 Å². The zero-order valence-corrected chi connectivity index (χ0v) is 14.8. The number of pyridine rings is 2. The van der Waals surface area contributed by atoms with Crippen molar-refractivity contribution in [2.24, 2.45) is 0 Å². The molecule has 0 bridgehead atoms. The Balaban J connectivity index is 1.54. The average molecular weight is 392 g/mol. The van der Waals surface area contributed by atoms with Crippen molar-refractivity contribution in [2.45, 2.75) is 37.2 Å². The van der Waals surface area contributed by atoms with Gasteiger partial charge in [0.1, 0.15) is 11.8 Å². The molecular weight excluding hydrogens is 377 g/mol. The molecular formula is C18H15ClFN3O4. The maximum absolute atomic E-state index is 13.9. The Labute approximate surface area is 158 Å². The third-order valence-corrected chi connectivity index (χ3v) is 5.30. The fourth-order valence-electron chi connectivity index (χ4n) is 3.71. The predicted octanol–water partition coefficient (Wildman–Crippen LogP) is 3.18. The summed E-state index contributed by atoms with van der Waals surface area (Å²) >= 11 is 5.69. The first-order valence-corrected chi connectivity index (χ1v) is 8.81. The lowest BCUT2D eigenvalue weighted by Gasteiger charge is -2.34. The molecule has 1 aliphatic heterocycles. The zero-order chi connectivity index (χ0) is 19.2. The number of nitrogens with zero attached hydrogens (tertiary/aromatic N) is 2. The van der Waals surface area contributed by atoms with Crippen molar-refractivity contribution in [1.29, 1.82) is 0 Å². The standard InChI is InChI=1S/C18H15ClFN3O4/c19-9-7-11(20)15(21-8-9)27-10-3-5-18(6-4-10)14-12(23-17(18)26)1-2-13(22-14)16(24)25/h1-2,7-8,10H,3-6H2,(H,23,26)(H,24,25)/t10-,18+. The second-order valence-corrected chi connectivity index (χ2v) is 7.13. The number of fused-ring (bicyclic) bond motifs is 2. The second kappa shape index (κ2) is 6.45. The van der Waals surface area contributed by atoms with E-state index in [1.807, 2.05) is 0 Å². The van der Waals surface area contributed by atoms with E-state index in [-0.39, 0.29) is 28.6 Å². The van der Waals surface area contributed by atoms with Crippen LogP contribution in [0.25, 0.3) is 0 Å². The molecule has 1 aliphatic carbocycles. The van der Waals surface area contributed by atoms with Gasteiger partial charge in [-0.25, -0.2) is 19.2 Å². The van der Waals surface area contributed by atoms with Crippen LogP contribution >= 0.6 is 11.6 Å². The number of carboxylic acids is 1. The number of carboxylic acid groups (broad SMARTS) is 1. The molecule has 0 aromatic carbocycles. The Bertz CT molecular complexity index is 944. The molecule has 2 aromatic heterocycles. The van der Waals surface area contributed by atoms with Crippen LogP contribution in [0.15, 0.2) is 24.4 Å². The number of halogens is 2. The van der Waals surface area contributed by atoms with Gasteiger partial charge in [-0.2, -0.15) is 0 Å². The number of rotatable bonds is 3. The molecule has 1 saturated carbocycles. The molecule has 1 spiro atoms. The Morgan fingerprint density at radius 1 is 1.37 bits per heavy atom. The van der Waals surface area contributed by atoms with Crippen molar-refractivity contribution in [3.63, 3.8) is 0 Å². The number of aromatic carboxylic acids is 1. The van der Waals surface area contributed by atoms with Gasteiger partial charge in [-0.15, -0.1) is 0 Å². The molecule has 9 heteroatoms. The molecule has 0 atom stereocenters. The zero-order valence-electron chi connectivity index (χ0n) is 14.0. The van der Waals surface area contributed by atoms with Gasteiger partial charge in [0, 0.05) is 6.20 Å². The maximum Gasteiger partial charge on any atom is 0.354 e. The number of aromatic nitrogens is 2. The van der Waals surface area contributed by atoms with Gasteiger partial charge in [0.25, 0.3) is 5.88 Å². The Morgan fingerprint density at radius 3 is 2.78 bits per heavy atom. The highest BCUT2D eigenvalue weighted by atomic mass is 35.5. The number of anilines is 1. The number of ether oxygens (including phenoxy) is 1. The summed E-state index contributed by atoms with van der Waals surface area (Å²) in [5.41, 5.74) is 0.0129. The van der Waals surface area contributed by atoms with E-state index in [2.05, 4.69) is 15.3 Å². The van der Waals surface area contributed by atoms with Gasteiger partial charge >= 0.3 is 5.97 Å². The number of hydrogen-bond acceptors (Lipinski definition) is 5. The van der Waals surface area contributed by atoms with Crippen molar-refractivity contribution in [3.05, 3.63) is 46.6 Å². The summed E-state index contributed by atoms with van der Waals surface area (Å²) in [5.74, 6) is -2.10. The Morgan fingerprint density at radius 2 is 2.11 bits per heavy atom.